The molecule has 1 aromatic heterocycles. The van der Waals surface area contributed by atoms with Crippen LogP contribution in [0.15, 0.2) is 6.20 Å². The molecule has 50 heavy (non-hydrogen) atoms. The highest BCUT2D eigenvalue weighted by molar-refractivity contribution is 5.88. The lowest BCUT2D eigenvalue weighted by Gasteiger charge is -2.49. The van der Waals surface area contributed by atoms with Gasteiger partial charge in [0, 0.05) is 40.3 Å². The van der Waals surface area contributed by atoms with E-state index in [1.165, 1.54) is 6.20 Å². The van der Waals surface area contributed by atoms with Crippen LogP contribution < -0.4 is 10.6 Å². The van der Waals surface area contributed by atoms with Gasteiger partial charge in [-0.15, -0.1) is 5.10 Å². The molecule has 0 saturated carbocycles. The zero-order chi connectivity index (χ0) is 37.3. The highest BCUT2D eigenvalue weighted by Gasteiger charge is 2.56. The number of ether oxygens (including phenoxy) is 6. The first-order valence-corrected chi connectivity index (χ1v) is 16.2. The van der Waals surface area contributed by atoms with Crippen LogP contribution in [0.4, 0.5) is 4.79 Å². The fourth-order valence-electron chi connectivity index (χ4n) is 5.78. The summed E-state index contributed by atoms with van der Waals surface area (Å²) in [6.07, 6.45) is -6.74. The van der Waals surface area contributed by atoms with Crippen LogP contribution in [0, 0.1) is 11.8 Å². The lowest BCUT2D eigenvalue weighted by atomic mass is 9.93. The van der Waals surface area contributed by atoms with Crippen LogP contribution in [0.3, 0.4) is 0 Å². The minimum absolute atomic E-state index is 0.0511. The highest BCUT2D eigenvalue weighted by Crippen LogP contribution is 2.33. The minimum Gasteiger partial charge on any atom is -0.463 e. The Morgan fingerprint density at radius 2 is 1.54 bits per heavy atom. The second-order valence-corrected chi connectivity index (χ2v) is 12.8. The molecule has 3 rings (SSSR count). The van der Waals surface area contributed by atoms with Crippen molar-refractivity contribution >= 4 is 41.8 Å². The molecule has 1 aromatic rings. The van der Waals surface area contributed by atoms with Crippen molar-refractivity contribution in [3.05, 3.63) is 11.9 Å². The number of alkyl carbamates (subject to hydrolysis) is 1. The number of carbonyl (C=O) groups excluding carboxylic acids is 7. The quantitative estimate of drug-likeness (QED) is 0.253. The van der Waals surface area contributed by atoms with Crippen molar-refractivity contribution in [3.63, 3.8) is 0 Å². The van der Waals surface area contributed by atoms with Gasteiger partial charge in [0.15, 0.2) is 24.5 Å². The lowest BCUT2D eigenvalue weighted by molar-refractivity contribution is -0.279. The molecule has 19 heteroatoms. The monoisotopic (exact) mass is 710 g/mol. The molecule has 0 radical (unpaired) electrons. The molecule has 3 amide bonds. The molecule has 2 N–H and O–H groups in total. The van der Waals surface area contributed by atoms with Crippen LogP contribution in [-0.4, -0.2) is 118 Å². The van der Waals surface area contributed by atoms with E-state index in [1.807, 2.05) is 13.8 Å². The van der Waals surface area contributed by atoms with Crippen molar-refractivity contribution in [2.45, 2.75) is 118 Å². The van der Waals surface area contributed by atoms with E-state index in [1.54, 1.807) is 13.8 Å². The number of hydrogen-bond donors (Lipinski definition) is 2. The summed E-state index contributed by atoms with van der Waals surface area (Å²) in [6, 6.07) is -1.92. The Bertz CT molecular complexity index is 1410. The molecule has 1 saturated heterocycles. The molecule has 3 heterocycles. The third-order valence-electron chi connectivity index (χ3n) is 7.56. The van der Waals surface area contributed by atoms with E-state index in [0.717, 1.165) is 37.3 Å². The topological polar surface area (TPSA) is 233 Å². The van der Waals surface area contributed by atoms with Crippen LogP contribution in [0.2, 0.25) is 0 Å². The van der Waals surface area contributed by atoms with Crippen LogP contribution in [-0.2, 0) is 70.3 Å². The molecule has 1 fully saturated rings. The van der Waals surface area contributed by atoms with E-state index < -0.39 is 104 Å². The van der Waals surface area contributed by atoms with Gasteiger partial charge in [-0.2, -0.15) is 0 Å². The number of hydrogen-bond acceptors (Lipinski definition) is 15. The standard InChI is InChI=1S/C31H46N6O13/c1-15(2)9-21-10-32-29(43)25(16(3)4)37(24(42)12-36-11-22(34-35-36)13-46-31(44)33-21)30-28(49-20(8)41)27(48-19(7)40)26(47-18(6)39)23(50-30)14-45-17(5)38/h11,15-16,21,23,25-28,30H,9-10,12-14H2,1-8H3,(H,32,43)(H,33,44)/t21?,23-,25?,26-,27+,28-,30-/m1/s1. The van der Waals surface area contributed by atoms with Gasteiger partial charge in [0.1, 0.15) is 37.6 Å². The Labute approximate surface area is 288 Å². The summed E-state index contributed by atoms with van der Waals surface area (Å²) in [7, 11) is 0. The molecular weight excluding hydrogens is 664 g/mol. The van der Waals surface area contributed by atoms with Gasteiger partial charge in [0.25, 0.3) is 0 Å². The summed E-state index contributed by atoms with van der Waals surface area (Å²) in [5, 5.41) is 13.5. The Kier molecular flexibility index (Phi) is 14.0. The molecule has 278 valence electrons. The first-order chi connectivity index (χ1) is 23.5. The molecule has 0 aliphatic carbocycles. The average molecular weight is 711 g/mol. The van der Waals surface area contributed by atoms with Crippen molar-refractivity contribution in [1.82, 2.24) is 30.5 Å². The van der Waals surface area contributed by atoms with Crippen LogP contribution in [0.1, 0.15) is 67.5 Å². The van der Waals surface area contributed by atoms with Crippen molar-refractivity contribution in [2.24, 2.45) is 11.8 Å². The van der Waals surface area contributed by atoms with Crippen LogP contribution >= 0.6 is 0 Å². The Morgan fingerprint density at radius 3 is 2.12 bits per heavy atom. The number of nitrogens with zero attached hydrogens (tertiary/aromatic N) is 4. The van der Waals surface area contributed by atoms with Crippen molar-refractivity contribution in [1.29, 1.82) is 0 Å². The second kappa shape index (κ2) is 17.7. The van der Waals surface area contributed by atoms with Gasteiger partial charge in [0.05, 0.1) is 6.20 Å². The maximum absolute atomic E-state index is 14.4. The predicted octanol–water partition coefficient (Wildman–Crippen LogP) is -0.0149. The van der Waals surface area contributed by atoms with E-state index in [-0.39, 0.29) is 24.8 Å². The minimum atomic E-state index is -1.69. The third-order valence-corrected chi connectivity index (χ3v) is 7.56. The normalized spacial score (nSPS) is 26.5. The second-order valence-electron chi connectivity index (χ2n) is 12.8. The van der Waals surface area contributed by atoms with Crippen molar-refractivity contribution in [3.8, 4) is 0 Å². The molecule has 2 aliphatic heterocycles. The van der Waals surface area contributed by atoms with Crippen LogP contribution in [0.25, 0.3) is 0 Å². The van der Waals surface area contributed by atoms with Crippen molar-refractivity contribution in [2.75, 3.05) is 13.2 Å². The van der Waals surface area contributed by atoms with Gasteiger partial charge in [0.2, 0.25) is 11.8 Å². The summed E-state index contributed by atoms with van der Waals surface area (Å²) in [5.74, 6) is -5.28. The SMILES string of the molecule is CC(=O)OC[C@H]1O[C@@H](N2C(=O)Cn3cc(nn3)COC(=O)NC(CC(C)C)CNC(=O)C2C(C)C)[C@H](OC(C)=O)[C@@H](OC(C)=O)[C@@H]1OC(C)=O. The van der Waals surface area contributed by atoms with Gasteiger partial charge in [-0.25, -0.2) is 9.48 Å². The summed E-state index contributed by atoms with van der Waals surface area (Å²) < 4.78 is 34.6. The van der Waals surface area contributed by atoms with Gasteiger partial charge >= 0.3 is 30.0 Å². The summed E-state index contributed by atoms with van der Waals surface area (Å²) >= 11 is 0. The molecule has 7 atom stereocenters. The largest absolute Gasteiger partial charge is 0.463 e. The summed E-state index contributed by atoms with van der Waals surface area (Å²) in [6.45, 7) is 10.2. The molecule has 2 bridgehead atoms. The number of fused-ring (bicyclic) bond motifs is 2. The molecule has 2 aliphatic rings. The first kappa shape index (κ1) is 39.6. The average Bonchev–Trinajstić information content (AvgIpc) is 3.44. The van der Waals surface area contributed by atoms with E-state index in [4.69, 9.17) is 28.4 Å². The number of aromatic nitrogens is 3. The number of amides is 3. The molecule has 0 aromatic carbocycles. The predicted molar refractivity (Wildman–Crippen MR) is 167 cm³/mol. The Hall–Kier alpha value is -4.81. The summed E-state index contributed by atoms with van der Waals surface area (Å²) in [5.41, 5.74) is 0.219. The van der Waals surface area contributed by atoms with E-state index >= 15 is 0 Å². The Balaban J connectivity index is 2.23. The summed E-state index contributed by atoms with van der Waals surface area (Å²) in [4.78, 5) is 91.3. The number of nitrogens with one attached hydrogen (secondary N) is 2. The Morgan fingerprint density at radius 1 is 0.920 bits per heavy atom. The zero-order valence-corrected chi connectivity index (χ0v) is 29.4. The fraction of sp³-hybridized carbons (Fsp3) is 0.710. The number of carbonyl (C=O) groups is 7. The number of esters is 4. The van der Waals surface area contributed by atoms with Crippen LogP contribution in [0.5, 0.6) is 0 Å². The molecule has 19 nitrogen and oxygen atoms in total. The molecule has 0 spiro atoms. The highest BCUT2D eigenvalue weighted by atomic mass is 16.7. The number of cyclic esters (lactones) is 1. The van der Waals surface area contributed by atoms with Crippen molar-refractivity contribution < 1.29 is 62.0 Å². The van der Waals surface area contributed by atoms with E-state index in [0.29, 0.717) is 6.42 Å². The molecule has 2 unspecified atom stereocenters. The molecular formula is C31H46N6O13. The zero-order valence-electron chi connectivity index (χ0n) is 29.4. The van der Waals surface area contributed by atoms with Gasteiger partial charge in [-0.1, -0.05) is 32.9 Å². The lowest BCUT2D eigenvalue weighted by Crippen LogP contribution is -2.70. The maximum atomic E-state index is 14.4. The van der Waals surface area contributed by atoms with Gasteiger partial charge < -0.3 is 39.1 Å². The maximum Gasteiger partial charge on any atom is 0.407 e. The fourth-order valence-corrected chi connectivity index (χ4v) is 5.78. The smallest absolute Gasteiger partial charge is 0.407 e. The first-order valence-electron chi connectivity index (χ1n) is 16.2. The third kappa shape index (κ3) is 11.1. The number of rotatable bonds is 9. The van der Waals surface area contributed by atoms with Gasteiger partial charge in [-0.05, 0) is 18.3 Å². The van der Waals surface area contributed by atoms with E-state index in [2.05, 4.69) is 20.9 Å². The van der Waals surface area contributed by atoms with E-state index in [9.17, 15) is 33.6 Å². The van der Waals surface area contributed by atoms with Gasteiger partial charge in [-0.3, -0.25) is 33.7 Å².